The van der Waals surface area contributed by atoms with Gasteiger partial charge in [0.1, 0.15) is 6.33 Å². The van der Waals surface area contributed by atoms with Crippen LogP contribution in [0.25, 0.3) is 28.3 Å². The van der Waals surface area contributed by atoms with Gasteiger partial charge in [-0.15, -0.1) is 0 Å². The van der Waals surface area contributed by atoms with E-state index in [4.69, 9.17) is 9.26 Å². The predicted molar refractivity (Wildman–Crippen MR) is 173 cm³/mol. The number of rotatable bonds is 10. The van der Waals surface area contributed by atoms with Gasteiger partial charge in [-0.05, 0) is 61.6 Å². The van der Waals surface area contributed by atoms with Crippen LogP contribution in [0, 0.1) is 0 Å². The molecule has 2 saturated carbocycles. The molecule has 11 heteroatoms. The number of aromatic nitrogens is 6. The van der Waals surface area contributed by atoms with Gasteiger partial charge in [0.25, 0.3) is 5.56 Å². The molecule has 0 saturated heterocycles. The van der Waals surface area contributed by atoms with Crippen molar-refractivity contribution in [2.45, 2.75) is 95.3 Å². The van der Waals surface area contributed by atoms with Crippen LogP contribution in [0.15, 0.2) is 69.0 Å². The lowest BCUT2D eigenvalue weighted by molar-refractivity contribution is -0.0796. The minimum atomic E-state index is -0.676. The second-order valence-electron chi connectivity index (χ2n) is 12.9. The third kappa shape index (κ3) is 5.96. The summed E-state index contributed by atoms with van der Waals surface area (Å²) in [4.78, 5) is 33.1. The van der Waals surface area contributed by atoms with E-state index in [9.17, 15) is 14.7 Å². The minimum Gasteiger partial charge on any atom is -0.387 e. The number of nitrogens with one attached hydrogen (secondary N) is 1. The van der Waals surface area contributed by atoms with Crippen molar-refractivity contribution in [3.8, 4) is 22.5 Å². The molecule has 0 radical (unpaired) electrons. The summed E-state index contributed by atoms with van der Waals surface area (Å²) >= 11 is 0. The number of hydrogen-bond donors (Lipinski definition) is 2. The Labute approximate surface area is 266 Å². The Kier molecular flexibility index (Phi) is 8.44. The van der Waals surface area contributed by atoms with E-state index in [0.717, 1.165) is 97.7 Å². The summed E-state index contributed by atoms with van der Waals surface area (Å²) in [6, 6.07) is 15.9. The molecule has 0 aliphatic heterocycles. The van der Waals surface area contributed by atoms with Crippen molar-refractivity contribution in [1.29, 1.82) is 0 Å². The zero-order chi connectivity index (χ0) is 31.7. The zero-order valence-corrected chi connectivity index (χ0v) is 26.2. The van der Waals surface area contributed by atoms with Crippen LogP contribution >= 0.6 is 0 Å². The fourth-order valence-corrected chi connectivity index (χ4v) is 7.29. The smallest absolute Gasteiger partial charge is 0.387 e. The van der Waals surface area contributed by atoms with Crippen molar-refractivity contribution in [3.05, 3.63) is 92.6 Å². The summed E-state index contributed by atoms with van der Waals surface area (Å²) in [6.07, 6.45) is 10.7. The monoisotopic (exact) mass is 624 g/mol. The van der Waals surface area contributed by atoms with Crippen molar-refractivity contribution in [3.63, 3.8) is 0 Å². The maximum Gasteiger partial charge on any atom is 0.439 e. The average molecular weight is 625 g/mol. The zero-order valence-electron chi connectivity index (χ0n) is 26.2. The predicted octanol–water partition coefficient (Wildman–Crippen LogP) is 5.25. The van der Waals surface area contributed by atoms with Gasteiger partial charge >= 0.3 is 5.76 Å². The first-order valence-electron chi connectivity index (χ1n) is 16.5. The standard InChI is InChI=1S/C35H40N6O5/c1-2-7-30-29(20-23-10-12-24(13-11-23)27-8-3-4-9-28(27)31-38-34(43)46-39-31)32(42)40(33-36-22-37-41(30)33)25-14-16-26(17-15-25)45-21-35(44)18-5-6-19-35/h3-4,8-13,22,25-26,44H,2,5-7,14-21H2,1H3,(H,38,39,43)/t25-,26-. The Morgan fingerprint density at radius 2 is 1.76 bits per heavy atom. The van der Waals surface area contributed by atoms with Crippen LogP contribution in [0.5, 0.6) is 0 Å². The van der Waals surface area contributed by atoms with E-state index in [-0.39, 0.29) is 17.7 Å². The fourth-order valence-electron chi connectivity index (χ4n) is 7.29. The SMILES string of the molecule is CCCc1c(Cc2ccc(-c3ccccc3-c3noc(=O)[nH]3)cc2)c(=O)n([C@H]2CC[C@H](OCC3(O)CCCC3)CC2)c2ncnn12. The number of fused-ring (bicyclic) bond motifs is 1. The molecule has 0 spiro atoms. The minimum absolute atomic E-state index is 0.00186. The van der Waals surface area contributed by atoms with E-state index in [1.165, 1.54) is 0 Å². The lowest BCUT2D eigenvalue weighted by Gasteiger charge is -2.32. The quantitative estimate of drug-likeness (QED) is 0.215. The van der Waals surface area contributed by atoms with Crippen LogP contribution in [0.4, 0.5) is 0 Å². The number of H-pyrrole nitrogens is 1. The van der Waals surface area contributed by atoms with Gasteiger partial charge in [-0.1, -0.05) is 79.9 Å². The highest BCUT2D eigenvalue weighted by atomic mass is 16.5. The molecule has 3 heterocycles. The van der Waals surface area contributed by atoms with Crippen LogP contribution in [-0.2, 0) is 17.6 Å². The summed E-state index contributed by atoms with van der Waals surface area (Å²) in [5.74, 6) is 0.375. The topological polar surface area (TPSA) is 141 Å². The molecule has 240 valence electrons. The number of aromatic amines is 1. The van der Waals surface area contributed by atoms with Crippen molar-refractivity contribution in [2.24, 2.45) is 0 Å². The van der Waals surface area contributed by atoms with Gasteiger partial charge in [0, 0.05) is 23.6 Å². The third-order valence-corrected chi connectivity index (χ3v) is 9.71. The highest BCUT2D eigenvalue weighted by Crippen LogP contribution is 2.34. The molecule has 0 atom stereocenters. The summed E-state index contributed by atoms with van der Waals surface area (Å²) in [6.45, 7) is 2.51. The van der Waals surface area contributed by atoms with Crippen LogP contribution in [0.1, 0.15) is 87.6 Å². The summed E-state index contributed by atoms with van der Waals surface area (Å²) in [5, 5.41) is 19.2. The number of hydrogen-bond acceptors (Lipinski definition) is 8. The van der Waals surface area contributed by atoms with Crippen LogP contribution in [0.3, 0.4) is 0 Å². The first-order valence-corrected chi connectivity index (χ1v) is 16.5. The average Bonchev–Trinajstić information content (AvgIpc) is 3.85. The number of ether oxygens (including phenoxy) is 1. The number of benzene rings is 2. The fraction of sp³-hybridized carbons (Fsp3) is 0.457. The molecule has 0 unspecified atom stereocenters. The Morgan fingerprint density at radius 3 is 2.46 bits per heavy atom. The Bertz CT molecular complexity index is 1920. The third-order valence-electron chi connectivity index (χ3n) is 9.71. The molecule has 5 aromatic rings. The van der Waals surface area contributed by atoms with E-state index in [1.807, 2.05) is 57.6 Å². The molecule has 11 nitrogen and oxygen atoms in total. The molecule has 2 aromatic carbocycles. The maximum atomic E-state index is 14.4. The number of nitrogens with zero attached hydrogens (tertiary/aromatic N) is 5. The molecule has 2 aliphatic carbocycles. The van der Waals surface area contributed by atoms with E-state index in [2.05, 4.69) is 27.1 Å². The second-order valence-corrected chi connectivity index (χ2v) is 12.9. The van der Waals surface area contributed by atoms with E-state index in [0.29, 0.717) is 24.6 Å². The van der Waals surface area contributed by atoms with Crippen molar-refractivity contribution in [2.75, 3.05) is 6.61 Å². The largest absolute Gasteiger partial charge is 0.439 e. The van der Waals surface area contributed by atoms with Gasteiger partial charge in [0.05, 0.1) is 24.0 Å². The molecule has 7 rings (SSSR count). The highest BCUT2D eigenvalue weighted by molar-refractivity contribution is 5.80. The number of aryl methyl sites for hydroxylation is 1. The molecule has 46 heavy (non-hydrogen) atoms. The van der Waals surface area contributed by atoms with Gasteiger partial charge in [-0.25, -0.2) is 9.31 Å². The van der Waals surface area contributed by atoms with Gasteiger partial charge in [0.2, 0.25) is 5.78 Å². The molecule has 3 aromatic heterocycles. The maximum absolute atomic E-state index is 14.4. The van der Waals surface area contributed by atoms with Gasteiger partial charge in [0.15, 0.2) is 5.82 Å². The van der Waals surface area contributed by atoms with Gasteiger partial charge in [-0.2, -0.15) is 10.1 Å². The van der Waals surface area contributed by atoms with Crippen LogP contribution in [-0.4, -0.2) is 52.7 Å². The first-order chi connectivity index (χ1) is 22.4. The van der Waals surface area contributed by atoms with Crippen molar-refractivity contribution in [1.82, 2.24) is 29.3 Å². The Morgan fingerprint density at radius 1 is 1.02 bits per heavy atom. The molecule has 2 N–H and O–H groups in total. The molecule has 0 amide bonds. The summed E-state index contributed by atoms with van der Waals surface area (Å²) < 4.78 is 14.7. The number of aliphatic hydroxyl groups is 1. The van der Waals surface area contributed by atoms with E-state index in [1.54, 1.807) is 6.33 Å². The molecular formula is C35H40N6O5. The summed E-state index contributed by atoms with van der Waals surface area (Å²) in [7, 11) is 0. The first kappa shape index (κ1) is 30.3. The summed E-state index contributed by atoms with van der Waals surface area (Å²) in [5.41, 5.74) is 4.62. The van der Waals surface area contributed by atoms with Crippen LogP contribution < -0.4 is 11.3 Å². The Balaban J connectivity index is 1.15. The Hall–Kier alpha value is -4.35. The molecule has 2 fully saturated rings. The lowest BCUT2D eigenvalue weighted by Crippen LogP contribution is -2.37. The van der Waals surface area contributed by atoms with Crippen molar-refractivity contribution < 1.29 is 14.4 Å². The van der Waals surface area contributed by atoms with E-state index >= 15 is 0 Å². The van der Waals surface area contributed by atoms with Crippen LogP contribution in [0.2, 0.25) is 0 Å². The second kappa shape index (κ2) is 12.8. The molecule has 0 bridgehead atoms. The molecule has 2 aliphatic rings. The highest BCUT2D eigenvalue weighted by Gasteiger charge is 2.34. The van der Waals surface area contributed by atoms with Crippen molar-refractivity contribution >= 4 is 5.78 Å². The van der Waals surface area contributed by atoms with Gasteiger partial charge in [-0.3, -0.25) is 18.9 Å². The normalized spacial score (nSPS) is 19.6. The van der Waals surface area contributed by atoms with E-state index < -0.39 is 11.4 Å². The van der Waals surface area contributed by atoms with Gasteiger partial charge < -0.3 is 9.84 Å². The lowest BCUT2D eigenvalue weighted by atomic mass is 9.92. The molecular weight excluding hydrogens is 584 g/mol.